The molecular weight excluding hydrogens is 248 g/mol. The van der Waals surface area contributed by atoms with Crippen LogP contribution in [0.5, 0.6) is 0 Å². The minimum Gasteiger partial charge on any atom is -0.300 e. The van der Waals surface area contributed by atoms with Crippen molar-refractivity contribution < 1.29 is 4.79 Å². The van der Waals surface area contributed by atoms with E-state index in [9.17, 15) is 4.79 Å². The normalized spacial score (nSPS) is 24.8. The highest BCUT2D eigenvalue weighted by Crippen LogP contribution is 2.14. The molecule has 2 atom stereocenters. The summed E-state index contributed by atoms with van der Waals surface area (Å²) >= 11 is 0. The molecule has 0 spiro atoms. The Balaban J connectivity index is 1.75. The summed E-state index contributed by atoms with van der Waals surface area (Å²) in [5.41, 5.74) is 0.840. The summed E-state index contributed by atoms with van der Waals surface area (Å²) in [6.45, 7) is 7.80. The molecule has 2 unspecified atom stereocenters. The van der Waals surface area contributed by atoms with E-state index in [4.69, 9.17) is 0 Å². The van der Waals surface area contributed by atoms with Gasteiger partial charge in [0.25, 0.3) is 0 Å². The highest BCUT2D eigenvalue weighted by molar-refractivity contribution is 5.95. The minimum atomic E-state index is 0.265. The lowest BCUT2D eigenvalue weighted by atomic mass is 10.1. The Morgan fingerprint density at radius 1 is 1.15 bits per heavy atom. The first-order valence-corrected chi connectivity index (χ1v) is 7.60. The summed E-state index contributed by atoms with van der Waals surface area (Å²) in [5.74, 6) is 0.265. The molecule has 1 aromatic carbocycles. The van der Waals surface area contributed by atoms with Crippen LogP contribution in [0.1, 0.15) is 37.0 Å². The summed E-state index contributed by atoms with van der Waals surface area (Å²) in [4.78, 5) is 17.0. The zero-order valence-corrected chi connectivity index (χ0v) is 12.9. The second kappa shape index (κ2) is 7.00. The van der Waals surface area contributed by atoms with Gasteiger partial charge in [0.1, 0.15) is 0 Å². The number of nitrogens with zero attached hydrogens (tertiary/aromatic N) is 2. The van der Waals surface area contributed by atoms with Crippen molar-refractivity contribution in [1.29, 1.82) is 0 Å². The molecule has 1 aliphatic rings. The van der Waals surface area contributed by atoms with Crippen LogP contribution in [0.25, 0.3) is 0 Å². The van der Waals surface area contributed by atoms with Crippen LogP contribution in [0.3, 0.4) is 0 Å². The number of carbonyl (C=O) groups excluding carboxylic acids is 1. The van der Waals surface area contributed by atoms with Gasteiger partial charge < -0.3 is 4.90 Å². The Hall–Kier alpha value is -1.19. The van der Waals surface area contributed by atoms with Gasteiger partial charge in [0.2, 0.25) is 0 Å². The highest BCUT2D eigenvalue weighted by Gasteiger charge is 2.25. The van der Waals surface area contributed by atoms with Gasteiger partial charge in [-0.15, -0.1) is 0 Å². The molecule has 0 bridgehead atoms. The van der Waals surface area contributed by atoms with Crippen LogP contribution in [-0.4, -0.2) is 54.3 Å². The van der Waals surface area contributed by atoms with Crippen LogP contribution in [0.2, 0.25) is 0 Å². The van der Waals surface area contributed by atoms with E-state index in [2.05, 4.69) is 30.7 Å². The van der Waals surface area contributed by atoms with Gasteiger partial charge in [-0.3, -0.25) is 9.69 Å². The van der Waals surface area contributed by atoms with Gasteiger partial charge in [0.05, 0.1) is 0 Å². The summed E-state index contributed by atoms with van der Waals surface area (Å²) in [5, 5.41) is 0. The minimum absolute atomic E-state index is 0.265. The third kappa shape index (κ3) is 3.90. The van der Waals surface area contributed by atoms with E-state index in [0.717, 1.165) is 31.6 Å². The Kier molecular flexibility index (Phi) is 5.32. The SMILES string of the molecule is CC1CN(CCCC(=O)c2ccccc2)CC(C)N1C. The third-order valence-electron chi connectivity index (χ3n) is 4.41. The Labute approximate surface area is 122 Å². The highest BCUT2D eigenvalue weighted by atomic mass is 16.1. The first-order valence-electron chi connectivity index (χ1n) is 7.60. The van der Waals surface area contributed by atoms with Crippen LogP contribution in [-0.2, 0) is 0 Å². The molecule has 3 nitrogen and oxygen atoms in total. The lowest BCUT2D eigenvalue weighted by Crippen LogP contribution is -2.54. The number of benzene rings is 1. The van der Waals surface area contributed by atoms with Gasteiger partial charge >= 0.3 is 0 Å². The molecule has 1 heterocycles. The maximum atomic E-state index is 12.0. The maximum Gasteiger partial charge on any atom is 0.162 e. The monoisotopic (exact) mass is 274 g/mol. The number of ketones is 1. The fraction of sp³-hybridized carbons (Fsp3) is 0.588. The standard InChI is InChI=1S/C17H26N2O/c1-14-12-19(13-15(2)18(14)3)11-7-10-17(20)16-8-5-4-6-9-16/h4-6,8-9,14-15H,7,10-13H2,1-3H3. The molecule has 1 aromatic rings. The van der Waals surface area contributed by atoms with Crippen molar-refractivity contribution in [1.82, 2.24) is 9.80 Å². The van der Waals surface area contributed by atoms with Crippen LogP contribution in [0.15, 0.2) is 30.3 Å². The van der Waals surface area contributed by atoms with Gasteiger partial charge in [-0.25, -0.2) is 0 Å². The van der Waals surface area contributed by atoms with Gasteiger partial charge in [0.15, 0.2) is 5.78 Å². The number of Topliss-reactive ketones (excluding diaryl/α,β-unsaturated/α-hetero) is 1. The largest absolute Gasteiger partial charge is 0.300 e. The predicted molar refractivity (Wildman–Crippen MR) is 83.1 cm³/mol. The lowest BCUT2D eigenvalue weighted by Gasteiger charge is -2.42. The molecule has 2 rings (SSSR count). The van der Waals surface area contributed by atoms with Crippen molar-refractivity contribution in [3.05, 3.63) is 35.9 Å². The summed E-state index contributed by atoms with van der Waals surface area (Å²) in [7, 11) is 2.20. The summed E-state index contributed by atoms with van der Waals surface area (Å²) in [6, 6.07) is 10.8. The van der Waals surface area contributed by atoms with Gasteiger partial charge in [-0.05, 0) is 33.9 Å². The Bertz CT molecular complexity index is 420. The molecule has 1 aliphatic heterocycles. The van der Waals surface area contributed by atoms with Crippen LogP contribution < -0.4 is 0 Å². The zero-order chi connectivity index (χ0) is 14.5. The molecular formula is C17H26N2O. The fourth-order valence-electron chi connectivity index (χ4n) is 2.93. The molecule has 110 valence electrons. The van der Waals surface area contributed by atoms with E-state index in [-0.39, 0.29) is 5.78 Å². The molecule has 0 amide bonds. The van der Waals surface area contributed by atoms with Gasteiger partial charge in [-0.2, -0.15) is 0 Å². The average Bonchev–Trinajstić information content (AvgIpc) is 2.45. The molecule has 0 radical (unpaired) electrons. The second-order valence-corrected chi connectivity index (χ2v) is 6.02. The third-order valence-corrected chi connectivity index (χ3v) is 4.41. The molecule has 1 saturated heterocycles. The van der Waals surface area contributed by atoms with Gasteiger partial charge in [0, 0.05) is 37.2 Å². The van der Waals surface area contributed by atoms with E-state index in [1.807, 2.05) is 30.3 Å². The topological polar surface area (TPSA) is 23.6 Å². The molecule has 3 heteroatoms. The zero-order valence-electron chi connectivity index (χ0n) is 12.9. The van der Waals surface area contributed by atoms with Crippen LogP contribution >= 0.6 is 0 Å². The van der Waals surface area contributed by atoms with E-state index in [1.54, 1.807) is 0 Å². The molecule has 20 heavy (non-hydrogen) atoms. The molecule has 0 aromatic heterocycles. The van der Waals surface area contributed by atoms with Crippen molar-refractivity contribution in [3.8, 4) is 0 Å². The Morgan fingerprint density at radius 2 is 1.75 bits per heavy atom. The second-order valence-electron chi connectivity index (χ2n) is 6.02. The van der Waals surface area contributed by atoms with Crippen molar-refractivity contribution in [3.63, 3.8) is 0 Å². The number of carbonyl (C=O) groups is 1. The van der Waals surface area contributed by atoms with Gasteiger partial charge in [-0.1, -0.05) is 30.3 Å². The average molecular weight is 274 g/mol. The van der Waals surface area contributed by atoms with E-state index < -0.39 is 0 Å². The van der Waals surface area contributed by atoms with E-state index in [0.29, 0.717) is 18.5 Å². The predicted octanol–water partition coefficient (Wildman–Crippen LogP) is 2.67. The molecule has 0 saturated carbocycles. The summed E-state index contributed by atoms with van der Waals surface area (Å²) in [6.07, 6.45) is 1.61. The molecule has 0 aliphatic carbocycles. The van der Waals surface area contributed by atoms with Crippen LogP contribution in [0.4, 0.5) is 0 Å². The quantitative estimate of drug-likeness (QED) is 0.771. The fourth-order valence-corrected chi connectivity index (χ4v) is 2.93. The number of rotatable bonds is 5. The Morgan fingerprint density at radius 3 is 2.35 bits per heavy atom. The van der Waals surface area contributed by atoms with Crippen molar-refractivity contribution >= 4 is 5.78 Å². The van der Waals surface area contributed by atoms with Crippen LogP contribution in [0, 0.1) is 0 Å². The van der Waals surface area contributed by atoms with Crippen molar-refractivity contribution in [2.45, 2.75) is 38.8 Å². The smallest absolute Gasteiger partial charge is 0.162 e. The number of hydrogen-bond acceptors (Lipinski definition) is 3. The maximum absolute atomic E-state index is 12.0. The number of hydrogen-bond donors (Lipinski definition) is 0. The van der Waals surface area contributed by atoms with Crippen molar-refractivity contribution in [2.24, 2.45) is 0 Å². The molecule has 1 fully saturated rings. The van der Waals surface area contributed by atoms with Crippen molar-refractivity contribution in [2.75, 3.05) is 26.7 Å². The number of likely N-dealkylation sites (N-methyl/N-ethyl adjacent to an activating group) is 1. The van der Waals surface area contributed by atoms with E-state index in [1.165, 1.54) is 0 Å². The number of piperazine rings is 1. The van der Waals surface area contributed by atoms with E-state index >= 15 is 0 Å². The lowest BCUT2D eigenvalue weighted by molar-refractivity contribution is 0.0587. The first-order chi connectivity index (χ1) is 9.58. The summed E-state index contributed by atoms with van der Waals surface area (Å²) < 4.78 is 0. The first kappa shape index (κ1) is 15.2. The molecule has 0 N–H and O–H groups in total.